The highest BCUT2D eigenvalue weighted by atomic mass is 16.4. The number of allylic oxidation sites excluding steroid dienone is 2. The molecule has 1 heterocycles. The highest BCUT2D eigenvalue weighted by Gasteiger charge is 2.51. The van der Waals surface area contributed by atoms with Crippen LogP contribution in [0.4, 0.5) is 5.69 Å². The van der Waals surface area contributed by atoms with Crippen molar-refractivity contribution >= 4 is 23.5 Å². The zero-order valence-electron chi connectivity index (χ0n) is 14.4. The van der Waals surface area contributed by atoms with E-state index in [1.165, 1.54) is 0 Å². The van der Waals surface area contributed by atoms with Gasteiger partial charge < -0.3 is 15.3 Å². The molecule has 136 valence electrons. The highest BCUT2D eigenvalue weighted by Crippen LogP contribution is 2.48. The molecule has 2 amide bonds. The van der Waals surface area contributed by atoms with E-state index in [2.05, 4.69) is 5.32 Å². The molecule has 0 aromatic heterocycles. The number of hydrogen-bond acceptors (Lipinski definition) is 3. The first-order chi connectivity index (χ1) is 12.5. The van der Waals surface area contributed by atoms with E-state index in [4.69, 9.17) is 0 Å². The fourth-order valence-corrected chi connectivity index (χ4v) is 4.54. The lowest BCUT2D eigenvalue weighted by Crippen LogP contribution is -2.36. The number of nitrogens with one attached hydrogen (secondary N) is 1. The van der Waals surface area contributed by atoms with Gasteiger partial charge in [-0.3, -0.25) is 14.4 Å². The third-order valence-corrected chi connectivity index (χ3v) is 5.84. The molecule has 4 rings (SSSR count). The summed E-state index contributed by atoms with van der Waals surface area (Å²) in [7, 11) is 0. The van der Waals surface area contributed by atoms with Gasteiger partial charge in [-0.25, -0.2) is 0 Å². The predicted octanol–water partition coefficient (Wildman–Crippen LogP) is 2.38. The minimum absolute atomic E-state index is 0.00267. The Balaban J connectivity index is 1.44. The average molecular weight is 354 g/mol. The van der Waals surface area contributed by atoms with E-state index >= 15 is 0 Å². The van der Waals surface area contributed by atoms with Gasteiger partial charge in [-0.05, 0) is 55.4 Å². The third kappa shape index (κ3) is 2.89. The first-order valence-corrected chi connectivity index (χ1v) is 9.16. The summed E-state index contributed by atoms with van der Waals surface area (Å²) < 4.78 is 0. The van der Waals surface area contributed by atoms with Crippen LogP contribution in [0, 0.1) is 23.7 Å². The van der Waals surface area contributed by atoms with Crippen molar-refractivity contribution < 1.29 is 19.5 Å². The number of likely N-dealkylation sites (tertiary alicyclic amines) is 1. The Morgan fingerprint density at radius 1 is 0.962 bits per heavy atom. The maximum Gasteiger partial charge on any atom is 0.307 e. The van der Waals surface area contributed by atoms with Crippen LogP contribution >= 0.6 is 0 Å². The Morgan fingerprint density at radius 3 is 2.19 bits per heavy atom. The lowest BCUT2D eigenvalue weighted by Gasteiger charge is -2.24. The van der Waals surface area contributed by atoms with Crippen molar-refractivity contribution in [2.45, 2.75) is 19.3 Å². The van der Waals surface area contributed by atoms with E-state index in [-0.39, 0.29) is 23.7 Å². The molecule has 1 saturated carbocycles. The van der Waals surface area contributed by atoms with E-state index in [1.54, 1.807) is 24.3 Å². The second-order valence-corrected chi connectivity index (χ2v) is 7.40. The molecule has 1 aromatic carbocycles. The summed E-state index contributed by atoms with van der Waals surface area (Å²) in [6, 6.07) is 6.84. The summed E-state index contributed by atoms with van der Waals surface area (Å²) in [5.41, 5.74) is 1.19. The molecule has 0 unspecified atom stereocenters. The minimum atomic E-state index is -0.909. The van der Waals surface area contributed by atoms with Crippen LogP contribution in [0.3, 0.4) is 0 Å². The largest absolute Gasteiger partial charge is 0.481 e. The summed E-state index contributed by atoms with van der Waals surface area (Å²) in [4.78, 5) is 38.4. The predicted molar refractivity (Wildman–Crippen MR) is 95.6 cm³/mol. The first-order valence-electron chi connectivity index (χ1n) is 9.16. The number of carboxylic acids is 1. The van der Waals surface area contributed by atoms with Crippen molar-refractivity contribution in [3.05, 3.63) is 42.0 Å². The maximum absolute atomic E-state index is 12.7. The molecule has 6 nitrogen and oxygen atoms in total. The first kappa shape index (κ1) is 16.8. The number of hydrogen-bond donors (Lipinski definition) is 2. The van der Waals surface area contributed by atoms with Crippen molar-refractivity contribution in [3.63, 3.8) is 0 Å². The molecule has 1 saturated heterocycles. The SMILES string of the molecule is O=C(Nc1ccc(C(=O)N2CCCC2)cc1)[C@@H]1[C@H](C(=O)O)[C@@H]2C=C[C@H]1C2. The van der Waals surface area contributed by atoms with E-state index in [9.17, 15) is 19.5 Å². The standard InChI is InChI=1S/C20H22N2O4/c23-18(16-13-3-4-14(11-13)17(16)20(25)26)21-15-7-5-12(6-8-15)19(24)22-9-1-2-10-22/h3-8,13-14,16-17H,1-2,9-11H2,(H,21,23)(H,25,26)/t13-,14+,16-,17+/m0/s1. The van der Waals surface area contributed by atoms with Gasteiger partial charge in [-0.2, -0.15) is 0 Å². The number of anilines is 1. The second kappa shape index (κ2) is 6.59. The molecule has 4 atom stereocenters. The number of carbonyl (C=O) groups excluding carboxylic acids is 2. The van der Waals surface area contributed by atoms with Crippen molar-refractivity contribution in [3.8, 4) is 0 Å². The third-order valence-electron chi connectivity index (χ3n) is 5.84. The summed E-state index contributed by atoms with van der Waals surface area (Å²) in [5, 5.41) is 12.3. The number of amides is 2. The zero-order chi connectivity index (χ0) is 18.3. The van der Waals surface area contributed by atoms with Crippen LogP contribution in [-0.4, -0.2) is 40.9 Å². The van der Waals surface area contributed by atoms with Crippen molar-refractivity contribution in [1.29, 1.82) is 0 Å². The molecule has 2 N–H and O–H groups in total. The molecular weight excluding hydrogens is 332 g/mol. The molecule has 2 bridgehead atoms. The number of rotatable bonds is 4. The Kier molecular flexibility index (Phi) is 4.26. The van der Waals surface area contributed by atoms with Crippen LogP contribution in [0.1, 0.15) is 29.6 Å². The lowest BCUT2D eigenvalue weighted by atomic mass is 9.82. The smallest absolute Gasteiger partial charge is 0.307 e. The molecule has 1 aliphatic heterocycles. The summed E-state index contributed by atoms with van der Waals surface area (Å²) >= 11 is 0. The molecule has 26 heavy (non-hydrogen) atoms. The van der Waals surface area contributed by atoms with Crippen LogP contribution in [0.2, 0.25) is 0 Å². The Bertz CT molecular complexity index is 765. The highest BCUT2D eigenvalue weighted by molar-refractivity contribution is 5.98. The molecular formula is C20H22N2O4. The number of carboxylic acid groups (broad SMARTS) is 1. The average Bonchev–Trinajstić information content (AvgIpc) is 3.37. The van der Waals surface area contributed by atoms with Crippen molar-refractivity contribution in [2.75, 3.05) is 18.4 Å². The number of carbonyl (C=O) groups is 3. The topological polar surface area (TPSA) is 86.7 Å². The molecule has 6 heteroatoms. The van der Waals surface area contributed by atoms with Crippen LogP contribution in [0.5, 0.6) is 0 Å². The van der Waals surface area contributed by atoms with Crippen LogP contribution in [0.25, 0.3) is 0 Å². The fraction of sp³-hybridized carbons (Fsp3) is 0.450. The molecule has 0 spiro atoms. The fourth-order valence-electron chi connectivity index (χ4n) is 4.54. The minimum Gasteiger partial charge on any atom is -0.481 e. The van der Waals surface area contributed by atoms with Gasteiger partial charge in [0.1, 0.15) is 0 Å². The molecule has 0 radical (unpaired) electrons. The van der Waals surface area contributed by atoms with E-state index in [1.807, 2.05) is 17.1 Å². The molecule has 2 aliphatic carbocycles. The van der Waals surface area contributed by atoms with Gasteiger partial charge in [0.15, 0.2) is 0 Å². The van der Waals surface area contributed by atoms with Crippen molar-refractivity contribution in [2.24, 2.45) is 23.7 Å². The van der Waals surface area contributed by atoms with E-state index < -0.39 is 17.8 Å². The number of nitrogens with zero attached hydrogens (tertiary/aromatic N) is 1. The lowest BCUT2D eigenvalue weighted by molar-refractivity contribution is -0.146. The summed E-state index contributed by atoms with van der Waals surface area (Å²) in [6.45, 7) is 1.59. The van der Waals surface area contributed by atoms with Crippen LogP contribution < -0.4 is 5.32 Å². The van der Waals surface area contributed by atoms with Gasteiger partial charge in [-0.15, -0.1) is 0 Å². The van der Waals surface area contributed by atoms with E-state index in [0.29, 0.717) is 11.3 Å². The van der Waals surface area contributed by atoms with Gasteiger partial charge in [-0.1, -0.05) is 12.2 Å². The summed E-state index contributed by atoms with van der Waals surface area (Å²) in [5.74, 6) is -2.38. The Hall–Kier alpha value is -2.63. The quantitative estimate of drug-likeness (QED) is 0.813. The summed E-state index contributed by atoms with van der Waals surface area (Å²) in [6.07, 6.45) is 6.71. The van der Waals surface area contributed by atoms with Crippen molar-refractivity contribution in [1.82, 2.24) is 4.90 Å². The number of benzene rings is 1. The number of fused-ring (bicyclic) bond motifs is 2. The van der Waals surface area contributed by atoms with Crippen LogP contribution in [-0.2, 0) is 9.59 Å². The second-order valence-electron chi connectivity index (χ2n) is 7.40. The van der Waals surface area contributed by atoms with Gasteiger partial charge >= 0.3 is 5.97 Å². The van der Waals surface area contributed by atoms with Gasteiger partial charge in [0.2, 0.25) is 5.91 Å². The van der Waals surface area contributed by atoms with Gasteiger partial charge in [0, 0.05) is 24.3 Å². The zero-order valence-corrected chi connectivity index (χ0v) is 14.4. The normalized spacial score (nSPS) is 29.2. The molecule has 3 aliphatic rings. The Morgan fingerprint density at radius 2 is 1.58 bits per heavy atom. The molecule has 1 aromatic rings. The van der Waals surface area contributed by atoms with Gasteiger partial charge in [0.05, 0.1) is 11.8 Å². The number of aliphatic carboxylic acids is 1. The monoisotopic (exact) mass is 354 g/mol. The van der Waals surface area contributed by atoms with Crippen LogP contribution in [0.15, 0.2) is 36.4 Å². The van der Waals surface area contributed by atoms with Gasteiger partial charge in [0.25, 0.3) is 5.91 Å². The molecule has 2 fully saturated rings. The maximum atomic E-state index is 12.7. The Labute approximate surface area is 151 Å². The van der Waals surface area contributed by atoms with E-state index in [0.717, 1.165) is 32.4 Å².